The van der Waals surface area contributed by atoms with E-state index in [1.165, 1.54) is 19.3 Å². The van der Waals surface area contributed by atoms with Gasteiger partial charge in [-0.2, -0.15) is 0 Å². The third-order valence-electron chi connectivity index (χ3n) is 4.22. The van der Waals surface area contributed by atoms with Crippen LogP contribution in [0.15, 0.2) is 0 Å². The lowest BCUT2D eigenvalue weighted by Gasteiger charge is -2.41. The quantitative estimate of drug-likeness (QED) is 0.776. The Balaban J connectivity index is 1.73. The number of ether oxygens (including phenoxy) is 2. The standard InChI is InChI=1S/C13H23NO2/c1-12(2)8-13(9-16-12)11(7-10-3-4-10)14-5-6-15-13/h10-11,14H,3-9H2,1-2H3. The van der Waals surface area contributed by atoms with Gasteiger partial charge >= 0.3 is 0 Å². The van der Waals surface area contributed by atoms with Crippen LogP contribution < -0.4 is 5.32 Å². The molecule has 2 unspecified atom stereocenters. The van der Waals surface area contributed by atoms with Crippen LogP contribution in [0.5, 0.6) is 0 Å². The molecule has 0 radical (unpaired) electrons. The molecule has 3 nitrogen and oxygen atoms in total. The Hall–Kier alpha value is -0.120. The maximum atomic E-state index is 6.12. The average molecular weight is 225 g/mol. The van der Waals surface area contributed by atoms with Gasteiger partial charge in [-0.25, -0.2) is 0 Å². The first-order valence-corrected chi connectivity index (χ1v) is 6.61. The normalized spacial score (nSPS) is 42.8. The zero-order chi connectivity index (χ0) is 11.2. The van der Waals surface area contributed by atoms with Gasteiger partial charge in [-0.05, 0) is 26.2 Å². The molecule has 16 heavy (non-hydrogen) atoms. The Labute approximate surface area is 97.9 Å². The zero-order valence-electron chi connectivity index (χ0n) is 10.4. The molecule has 92 valence electrons. The fourth-order valence-corrected chi connectivity index (χ4v) is 3.22. The third-order valence-corrected chi connectivity index (χ3v) is 4.22. The molecular weight excluding hydrogens is 202 g/mol. The second kappa shape index (κ2) is 3.69. The summed E-state index contributed by atoms with van der Waals surface area (Å²) < 4.78 is 12.0. The summed E-state index contributed by atoms with van der Waals surface area (Å²) in [4.78, 5) is 0. The highest BCUT2D eigenvalue weighted by Gasteiger charge is 2.52. The molecule has 3 rings (SSSR count). The predicted molar refractivity (Wildman–Crippen MR) is 62.5 cm³/mol. The number of rotatable bonds is 2. The van der Waals surface area contributed by atoms with Crippen molar-refractivity contribution in [1.82, 2.24) is 5.32 Å². The van der Waals surface area contributed by atoms with Gasteiger partial charge in [-0.1, -0.05) is 12.8 Å². The van der Waals surface area contributed by atoms with Gasteiger partial charge in [0.2, 0.25) is 0 Å². The lowest BCUT2D eigenvalue weighted by atomic mass is 9.83. The molecule has 0 aromatic heterocycles. The van der Waals surface area contributed by atoms with Crippen molar-refractivity contribution >= 4 is 0 Å². The van der Waals surface area contributed by atoms with Crippen molar-refractivity contribution in [3.63, 3.8) is 0 Å². The van der Waals surface area contributed by atoms with Gasteiger partial charge < -0.3 is 14.8 Å². The molecule has 2 heterocycles. The van der Waals surface area contributed by atoms with Crippen LogP contribution in [0, 0.1) is 5.92 Å². The largest absolute Gasteiger partial charge is 0.372 e. The van der Waals surface area contributed by atoms with Gasteiger partial charge in [0.25, 0.3) is 0 Å². The first kappa shape index (κ1) is 11.0. The monoisotopic (exact) mass is 225 g/mol. The van der Waals surface area contributed by atoms with Crippen molar-refractivity contribution in [1.29, 1.82) is 0 Å². The van der Waals surface area contributed by atoms with E-state index in [2.05, 4.69) is 19.2 Å². The Kier molecular flexibility index (Phi) is 2.54. The molecule has 2 saturated heterocycles. The highest BCUT2D eigenvalue weighted by Crippen LogP contribution is 2.43. The maximum absolute atomic E-state index is 6.12. The third kappa shape index (κ3) is 2.01. The van der Waals surface area contributed by atoms with Crippen LogP contribution >= 0.6 is 0 Å². The van der Waals surface area contributed by atoms with Crippen molar-refractivity contribution in [3.05, 3.63) is 0 Å². The maximum Gasteiger partial charge on any atom is 0.109 e. The molecule has 1 N–H and O–H groups in total. The minimum atomic E-state index is -0.0374. The van der Waals surface area contributed by atoms with Crippen molar-refractivity contribution in [3.8, 4) is 0 Å². The molecule has 2 atom stereocenters. The lowest BCUT2D eigenvalue weighted by Crippen LogP contribution is -2.59. The molecule has 2 aliphatic heterocycles. The molecule has 0 aromatic rings. The van der Waals surface area contributed by atoms with Crippen LogP contribution in [0.2, 0.25) is 0 Å². The van der Waals surface area contributed by atoms with E-state index < -0.39 is 0 Å². The summed E-state index contributed by atoms with van der Waals surface area (Å²) in [6, 6.07) is 0.510. The van der Waals surface area contributed by atoms with E-state index in [1.807, 2.05) is 0 Å². The van der Waals surface area contributed by atoms with Crippen LogP contribution in [-0.2, 0) is 9.47 Å². The minimum absolute atomic E-state index is 0.0131. The molecule has 1 aliphatic carbocycles. The first-order chi connectivity index (χ1) is 7.60. The highest BCUT2D eigenvalue weighted by molar-refractivity contribution is 5.05. The molecule has 3 fully saturated rings. The summed E-state index contributed by atoms with van der Waals surface area (Å²) in [7, 11) is 0. The number of hydrogen-bond donors (Lipinski definition) is 1. The summed E-state index contributed by atoms with van der Waals surface area (Å²) in [5.41, 5.74) is -0.0504. The van der Waals surface area contributed by atoms with E-state index in [0.717, 1.165) is 32.1 Å². The molecule has 3 aliphatic rings. The summed E-state index contributed by atoms with van der Waals surface area (Å²) >= 11 is 0. The summed E-state index contributed by atoms with van der Waals surface area (Å²) in [6.45, 7) is 6.95. The topological polar surface area (TPSA) is 30.5 Å². The van der Waals surface area contributed by atoms with E-state index in [-0.39, 0.29) is 11.2 Å². The number of morpholine rings is 1. The Bertz CT molecular complexity index is 275. The van der Waals surface area contributed by atoms with Crippen LogP contribution in [0.1, 0.15) is 39.5 Å². The van der Waals surface area contributed by atoms with E-state index in [0.29, 0.717) is 6.04 Å². The van der Waals surface area contributed by atoms with E-state index in [9.17, 15) is 0 Å². The number of nitrogens with one attached hydrogen (secondary N) is 1. The lowest BCUT2D eigenvalue weighted by molar-refractivity contribution is -0.100. The Morgan fingerprint density at radius 1 is 1.25 bits per heavy atom. The van der Waals surface area contributed by atoms with Gasteiger partial charge in [0.05, 0.1) is 18.8 Å². The zero-order valence-corrected chi connectivity index (χ0v) is 10.4. The highest BCUT2D eigenvalue weighted by atomic mass is 16.6. The van der Waals surface area contributed by atoms with Gasteiger partial charge in [-0.3, -0.25) is 0 Å². The molecule has 0 amide bonds. The van der Waals surface area contributed by atoms with E-state index in [4.69, 9.17) is 9.47 Å². The second-order valence-corrected chi connectivity index (χ2v) is 6.32. The summed E-state index contributed by atoms with van der Waals surface area (Å²) in [6.07, 6.45) is 5.14. The van der Waals surface area contributed by atoms with Crippen molar-refractivity contribution in [2.24, 2.45) is 5.92 Å². The number of hydrogen-bond acceptors (Lipinski definition) is 3. The summed E-state index contributed by atoms with van der Waals surface area (Å²) in [5.74, 6) is 0.944. The average Bonchev–Trinajstić information content (AvgIpc) is 2.98. The Morgan fingerprint density at radius 3 is 2.69 bits per heavy atom. The predicted octanol–water partition coefficient (Wildman–Crippen LogP) is 1.71. The van der Waals surface area contributed by atoms with Crippen LogP contribution in [0.3, 0.4) is 0 Å². The second-order valence-electron chi connectivity index (χ2n) is 6.32. The fourth-order valence-electron chi connectivity index (χ4n) is 3.22. The van der Waals surface area contributed by atoms with E-state index in [1.54, 1.807) is 0 Å². The van der Waals surface area contributed by atoms with Crippen molar-refractivity contribution in [2.45, 2.75) is 56.8 Å². The van der Waals surface area contributed by atoms with Gasteiger partial charge in [-0.15, -0.1) is 0 Å². The molecule has 3 heteroatoms. The minimum Gasteiger partial charge on any atom is -0.372 e. The molecular formula is C13H23NO2. The first-order valence-electron chi connectivity index (χ1n) is 6.61. The van der Waals surface area contributed by atoms with Gasteiger partial charge in [0.1, 0.15) is 5.60 Å². The SMILES string of the molecule is CC1(C)CC2(CO1)OCCNC2CC1CC1. The van der Waals surface area contributed by atoms with Gasteiger partial charge in [0.15, 0.2) is 0 Å². The van der Waals surface area contributed by atoms with Gasteiger partial charge in [0, 0.05) is 19.0 Å². The fraction of sp³-hybridized carbons (Fsp3) is 1.00. The smallest absolute Gasteiger partial charge is 0.109 e. The van der Waals surface area contributed by atoms with Crippen molar-refractivity contribution in [2.75, 3.05) is 19.8 Å². The van der Waals surface area contributed by atoms with Crippen LogP contribution in [0.4, 0.5) is 0 Å². The summed E-state index contributed by atoms with van der Waals surface area (Å²) in [5, 5.41) is 3.66. The van der Waals surface area contributed by atoms with Crippen LogP contribution in [-0.4, -0.2) is 37.0 Å². The Morgan fingerprint density at radius 2 is 2.06 bits per heavy atom. The molecule has 1 spiro atoms. The molecule has 0 aromatic carbocycles. The van der Waals surface area contributed by atoms with Crippen molar-refractivity contribution < 1.29 is 9.47 Å². The molecule has 0 bridgehead atoms. The molecule has 1 saturated carbocycles. The van der Waals surface area contributed by atoms with Crippen LogP contribution in [0.25, 0.3) is 0 Å². The van der Waals surface area contributed by atoms with E-state index >= 15 is 0 Å².